The summed E-state index contributed by atoms with van der Waals surface area (Å²) < 4.78 is 40.5. The summed E-state index contributed by atoms with van der Waals surface area (Å²) in [5.74, 6) is -0.638. The van der Waals surface area contributed by atoms with Gasteiger partial charge in [0.25, 0.3) is 5.91 Å². The van der Waals surface area contributed by atoms with Gasteiger partial charge in [-0.1, -0.05) is 29.8 Å². The van der Waals surface area contributed by atoms with Crippen LogP contribution >= 0.6 is 0 Å². The number of H-pyrrole nitrogens is 1. The summed E-state index contributed by atoms with van der Waals surface area (Å²) in [6, 6.07) is 10.2. The second-order valence-corrected chi connectivity index (χ2v) is 6.19. The molecule has 0 spiro atoms. The molecule has 0 fully saturated rings. The standard InChI is InChI=1S/C20H16F3N3O2/c1-12-4-6-13(7-5-12)17(18-15(20(21,22)23)3-2-10-24-18)26-19(28)14-8-9-16(27)25-11-14/h2-11,17H,1H3,(H,25,27)(H,26,28). The molecule has 0 aliphatic heterocycles. The molecule has 0 radical (unpaired) electrons. The predicted octanol–water partition coefficient (Wildman–Crippen LogP) is 3.62. The average Bonchev–Trinajstić information content (AvgIpc) is 2.67. The fourth-order valence-corrected chi connectivity index (χ4v) is 2.72. The van der Waals surface area contributed by atoms with Crippen molar-refractivity contribution in [2.75, 3.05) is 0 Å². The van der Waals surface area contributed by atoms with Crippen LogP contribution in [-0.2, 0) is 6.18 Å². The van der Waals surface area contributed by atoms with E-state index in [4.69, 9.17) is 0 Å². The van der Waals surface area contributed by atoms with Crippen molar-refractivity contribution in [2.45, 2.75) is 19.1 Å². The quantitative estimate of drug-likeness (QED) is 0.718. The molecule has 1 unspecified atom stereocenters. The molecule has 8 heteroatoms. The number of halogens is 3. The molecule has 3 rings (SSSR count). The Balaban J connectivity index is 2.06. The number of carbonyl (C=O) groups excluding carboxylic acids is 1. The van der Waals surface area contributed by atoms with E-state index in [1.807, 2.05) is 6.92 Å². The summed E-state index contributed by atoms with van der Waals surface area (Å²) in [5.41, 5.74) is -0.144. The number of aryl methyl sites for hydroxylation is 1. The molecule has 28 heavy (non-hydrogen) atoms. The molecule has 0 saturated heterocycles. The average molecular weight is 387 g/mol. The Morgan fingerprint density at radius 2 is 1.82 bits per heavy atom. The van der Waals surface area contributed by atoms with E-state index in [9.17, 15) is 22.8 Å². The minimum absolute atomic E-state index is 0.112. The van der Waals surface area contributed by atoms with Crippen LogP contribution in [0, 0.1) is 6.92 Å². The number of hydrogen-bond donors (Lipinski definition) is 2. The molecule has 144 valence electrons. The highest BCUT2D eigenvalue weighted by Crippen LogP contribution is 2.35. The molecule has 0 aliphatic rings. The predicted molar refractivity (Wildman–Crippen MR) is 96.8 cm³/mol. The third kappa shape index (κ3) is 4.28. The Morgan fingerprint density at radius 1 is 1.11 bits per heavy atom. The van der Waals surface area contributed by atoms with Gasteiger partial charge in [-0.05, 0) is 30.7 Å². The van der Waals surface area contributed by atoms with Crippen LogP contribution < -0.4 is 10.9 Å². The van der Waals surface area contributed by atoms with Crippen molar-refractivity contribution in [2.24, 2.45) is 0 Å². The maximum Gasteiger partial charge on any atom is 0.418 e. The molecular formula is C20H16F3N3O2. The topological polar surface area (TPSA) is 74.8 Å². The lowest BCUT2D eigenvalue weighted by Crippen LogP contribution is -2.32. The molecule has 2 aromatic heterocycles. The number of nitrogens with one attached hydrogen (secondary N) is 2. The summed E-state index contributed by atoms with van der Waals surface area (Å²) in [6.07, 6.45) is -2.18. The number of carbonyl (C=O) groups is 1. The maximum atomic E-state index is 13.5. The van der Waals surface area contributed by atoms with Crippen LogP contribution in [-0.4, -0.2) is 15.9 Å². The van der Waals surface area contributed by atoms with Crippen molar-refractivity contribution in [3.05, 3.63) is 99.2 Å². The molecular weight excluding hydrogens is 371 g/mol. The number of benzene rings is 1. The van der Waals surface area contributed by atoms with E-state index in [0.717, 1.165) is 17.7 Å². The number of nitrogens with zero attached hydrogens (tertiary/aromatic N) is 1. The normalized spacial score (nSPS) is 12.4. The first-order valence-corrected chi connectivity index (χ1v) is 8.34. The number of pyridine rings is 2. The lowest BCUT2D eigenvalue weighted by molar-refractivity contribution is -0.138. The smallest absolute Gasteiger partial charge is 0.339 e. The van der Waals surface area contributed by atoms with Gasteiger partial charge in [-0.15, -0.1) is 0 Å². The SMILES string of the molecule is Cc1ccc(C(NC(=O)c2ccc(=O)[nH]c2)c2ncccc2C(F)(F)F)cc1. The lowest BCUT2D eigenvalue weighted by Gasteiger charge is -2.22. The first kappa shape index (κ1) is 19.3. The van der Waals surface area contributed by atoms with E-state index in [2.05, 4.69) is 15.3 Å². The van der Waals surface area contributed by atoms with E-state index in [1.54, 1.807) is 24.3 Å². The third-order valence-corrected chi connectivity index (χ3v) is 4.15. The lowest BCUT2D eigenvalue weighted by atomic mass is 9.97. The van der Waals surface area contributed by atoms with Gasteiger partial charge >= 0.3 is 6.18 Å². The van der Waals surface area contributed by atoms with Crippen LogP contribution in [0.25, 0.3) is 0 Å². The van der Waals surface area contributed by atoms with Crippen LogP contribution in [0.2, 0.25) is 0 Å². The van der Waals surface area contributed by atoms with E-state index in [0.29, 0.717) is 5.56 Å². The Labute approximate surface area is 158 Å². The Bertz CT molecular complexity index is 1020. The van der Waals surface area contributed by atoms with Crippen LogP contribution in [0.5, 0.6) is 0 Å². The molecule has 1 aromatic carbocycles. The molecule has 5 nitrogen and oxygen atoms in total. The fourth-order valence-electron chi connectivity index (χ4n) is 2.72. The third-order valence-electron chi connectivity index (χ3n) is 4.15. The molecule has 1 atom stereocenters. The minimum atomic E-state index is -4.63. The van der Waals surface area contributed by atoms with Gasteiger partial charge in [0.1, 0.15) is 0 Å². The van der Waals surface area contributed by atoms with E-state index in [-0.39, 0.29) is 11.3 Å². The van der Waals surface area contributed by atoms with Gasteiger partial charge < -0.3 is 10.3 Å². The molecule has 0 bridgehead atoms. The van der Waals surface area contributed by atoms with Crippen molar-refractivity contribution >= 4 is 5.91 Å². The molecule has 3 aromatic rings. The highest BCUT2D eigenvalue weighted by atomic mass is 19.4. The second kappa shape index (κ2) is 7.67. The first-order valence-electron chi connectivity index (χ1n) is 8.34. The van der Waals surface area contributed by atoms with Crippen molar-refractivity contribution in [1.82, 2.24) is 15.3 Å². The summed E-state index contributed by atoms with van der Waals surface area (Å²) in [5, 5.41) is 2.59. The van der Waals surface area contributed by atoms with Crippen molar-refractivity contribution in [1.29, 1.82) is 0 Å². The Morgan fingerprint density at radius 3 is 2.43 bits per heavy atom. The van der Waals surface area contributed by atoms with E-state index < -0.39 is 29.2 Å². The van der Waals surface area contributed by atoms with Gasteiger partial charge in [-0.25, -0.2) is 0 Å². The van der Waals surface area contributed by atoms with E-state index >= 15 is 0 Å². The summed E-state index contributed by atoms with van der Waals surface area (Å²) in [6.45, 7) is 1.85. The fraction of sp³-hybridized carbons (Fsp3) is 0.150. The molecule has 1 amide bonds. The van der Waals surface area contributed by atoms with Gasteiger partial charge in [-0.2, -0.15) is 13.2 Å². The van der Waals surface area contributed by atoms with Crippen LogP contribution in [0.15, 0.2) is 65.7 Å². The highest BCUT2D eigenvalue weighted by Gasteiger charge is 2.37. The molecule has 2 N–H and O–H groups in total. The monoisotopic (exact) mass is 387 g/mol. The largest absolute Gasteiger partial charge is 0.418 e. The number of rotatable bonds is 4. The Hall–Kier alpha value is -3.42. The highest BCUT2D eigenvalue weighted by molar-refractivity contribution is 5.94. The Kier molecular flexibility index (Phi) is 5.30. The summed E-state index contributed by atoms with van der Waals surface area (Å²) in [7, 11) is 0. The second-order valence-electron chi connectivity index (χ2n) is 6.19. The zero-order valence-electron chi connectivity index (χ0n) is 14.7. The first-order chi connectivity index (χ1) is 13.3. The van der Waals surface area contributed by atoms with Crippen LogP contribution in [0.3, 0.4) is 0 Å². The maximum absolute atomic E-state index is 13.5. The number of aromatic amines is 1. The molecule has 2 heterocycles. The zero-order chi connectivity index (χ0) is 20.3. The summed E-state index contributed by atoms with van der Waals surface area (Å²) >= 11 is 0. The molecule has 0 saturated carbocycles. The van der Waals surface area contributed by atoms with Crippen molar-refractivity contribution < 1.29 is 18.0 Å². The van der Waals surface area contributed by atoms with Crippen LogP contribution in [0.1, 0.15) is 38.8 Å². The number of amides is 1. The van der Waals surface area contributed by atoms with Crippen molar-refractivity contribution in [3.8, 4) is 0 Å². The van der Waals surface area contributed by atoms with Gasteiger partial charge in [0.2, 0.25) is 5.56 Å². The van der Waals surface area contributed by atoms with Crippen LogP contribution in [0.4, 0.5) is 13.2 Å². The summed E-state index contributed by atoms with van der Waals surface area (Å²) in [4.78, 5) is 30.1. The number of hydrogen-bond acceptors (Lipinski definition) is 3. The zero-order valence-corrected chi connectivity index (χ0v) is 14.7. The number of alkyl halides is 3. The van der Waals surface area contributed by atoms with Gasteiger partial charge in [0.15, 0.2) is 0 Å². The van der Waals surface area contributed by atoms with E-state index in [1.165, 1.54) is 24.5 Å². The number of aromatic nitrogens is 2. The van der Waals surface area contributed by atoms with Crippen molar-refractivity contribution in [3.63, 3.8) is 0 Å². The minimum Gasteiger partial charge on any atom is -0.339 e. The molecule has 0 aliphatic carbocycles. The van der Waals surface area contributed by atoms with Gasteiger partial charge in [0.05, 0.1) is 22.9 Å². The van der Waals surface area contributed by atoms with Gasteiger partial charge in [0, 0.05) is 18.5 Å². The van der Waals surface area contributed by atoms with Gasteiger partial charge in [-0.3, -0.25) is 14.6 Å².